The second-order valence-electron chi connectivity index (χ2n) is 6.78. The monoisotopic (exact) mass is 288 g/mol. The van der Waals surface area contributed by atoms with Crippen molar-refractivity contribution in [2.75, 3.05) is 25.4 Å². The highest BCUT2D eigenvalue weighted by Crippen LogP contribution is 2.24. The average Bonchev–Trinajstić information content (AvgIpc) is 2.71. The number of nitrogens with two attached hydrogens (primary N) is 1. The molecule has 0 bridgehead atoms. The minimum absolute atomic E-state index is 0.625. The van der Waals surface area contributed by atoms with Gasteiger partial charge in [0, 0.05) is 5.69 Å². The summed E-state index contributed by atoms with van der Waals surface area (Å²) in [6.45, 7) is 8.50. The second kappa shape index (κ2) is 8.43. The number of hydrogen-bond acceptors (Lipinski definition) is 2. The van der Waals surface area contributed by atoms with Gasteiger partial charge in [0.1, 0.15) is 0 Å². The molecule has 0 saturated carbocycles. The number of nitrogens with zero attached hydrogens (tertiary/aromatic N) is 1. The molecule has 0 aromatic heterocycles. The zero-order chi connectivity index (χ0) is 15.1. The van der Waals surface area contributed by atoms with E-state index in [0.29, 0.717) is 5.92 Å². The van der Waals surface area contributed by atoms with E-state index in [0.717, 1.165) is 11.6 Å². The van der Waals surface area contributed by atoms with E-state index < -0.39 is 0 Å². The fourth-order valence-electron chi connectivity index (χ4n) is 3.51. The molecule has 1 aliphatic rings. The van der Waals surface area contributed by atoms with Gasteiger partial charge in [0.15, 0.2) is 0 Å². The number of likely N-dealkylation sites (tertiary alicyclic amines) is 1. The highest BCUT2D eigenvalue weighted by atomic mass is 15.1. The van der Waals surface area contributed by atoms with Crippen molar-refractivity contribution < 1.29 is 0 Å². The van der Waals surface area contributed by atoms with Crippen molar-refractivity contribution in [1.82, 2.24) is 4.90 Å². The number of anilines is 1. The highest BCUT2D eigenvalue weighted by Gasteiger charge is 2.17. The van der Waals surface area contributed by atoms with Crippen molar-refractivity contribution in [2.45, 2.75) is 58.3 Å². The van der Waals surface area contributed by atoms with Crippen LogP contribution in [-0.4, -0.2) is 24.5 Å². The van der Waals surface area contributed by atoms with Crippen molar-refractivity contribution in [3.63, 3.8) is 0 Å². The van der Waals surface area contributed by atoms with E-state index in [9.17, 15) is 0 Å². The van der Waals surface area contributed by atoms with Gasteiger partial charge in [0.05, 0.1) is 0 Å². The fourth-order valence-corrected chi connectivity index (χ4v) is 3.51. The standard InChI is InChI=1S/C19H32N2/c1-3-5-17-6-4-13-21(15-12-17)14-11-16(2)18-7-9-19(20)10-8-18/h7-10,16-17H,3-6,11-15,20H2,1-2H3. The third-order valence-corrected chi connectivity index (χ3v) is 5.02. The molecular weight excluding hydrogens is 256 g/mol. The van der Waals surface area contributed by atoms with E-state index in [1.165, 1.54) is 63.7 Å². The predicted octanol–water partition coefficient (Wildman–Crippen LogP) is 4.66. The highest BCUT2D eigenvalue weighted by molar-refractivity contribution is 5.40. The molecule has 2 atom stereocenters. The van der Waals surface area contributed by atoms with E-state index in [1.807, 2.05) is 12.1 Å². The first-order valence-electron chi connectivity index (χ1n) is 8.76. The van der Waals surface area contributed by atoms with Crippen molar-refractivity contribution in [2.24, 2.45) is 5.92 Å². The maximum atomic E-state index is 5.76. The van der Waals surface area contributed by atoms with Crippen molar-refractivity contribution in [3.05, 3.63) is 29.8 Å². The molecule has 1 aromatic rings. The number of hydrogen-bond donors (Lipinski definition) is 1. The lowest BCUT2D eigenvalue weighted by molar-refractivity contribution is 0.270. The molecule has 2 nitrogen and oxygen atoms in total. The molecular formula is C19H32N2. The molecule has 0 radical (unpaired) electrons. The van der Waals surface area contributed by atoms with E-state index in [4.69, 9.17) is 5.73 Å². The Bertz CT molecular complexity index is 399. The van der Waals surface area contributed by atoms with Gasteiger partial charge >= 0.3 is 0 Å². The Morgan fingerprint density at radius 3 is 2.67 bits per heavy atom. The molecule has 0 amide bonds. The second-order valence-corrected chi connectivity index (χ2v) is 6.78. The summed E-state index contributed by atoms with van der Waals surface area (Å²) in [5.74, 6) is 1.61. The van der Waals surface area contributed by atoms with Crippen LogP contribution in [-0.2, 0) is 0 Å². The summed E-state index contributed by atoms with van der Waals surface area (Å²) in [7, 11) is 0. The van der Waals surface area contributed by atoms with Gasteiger partial charge in [-0.1, -0.05) is 38.8 Å². The molecule has 1 heterocycles. The van der Waals surface area contributed by atoms with E-state index in [-0.39, 0.29) is 0 Å². The zero-order valence-electron chi connectivity index (χ0n) is 13.9. The molecule has 2 N–H and O–H groups in total. The Morgan fingerprint density at radius 1 is 1.19 bits per heavy atom. The Labute approximate surface area is 130 Å². The van der Waals surface area contributed by atoms with Gasteiger partial charge < -0.3 is 10.6 Å². The largest absolute Gasteiger partial charge is 0.399 e. The van der Waals surface area contributed by atoms with Crippen LogP contribution in [0.3, 0.4) is 0 Å². The minimum atomic E-state index is 0.625. The summed E-state index contributed by atoms with van der Waals surface area (Å²) in [6, 6.07) is 8.40. The first-order valence-corrected chi connectivity index (χ1v) is 8.76. The zero-order valence-corrected chi connectivity index (χ0v) is 13.9. The lowest BCUT2D eigenvalue weighted by atomic mass is 9.96. The maximum absolute atomic E-state index is 5.76. The van der Waals surface area contributed by atoms with Crippen LogP contribution >= 0.6 is 0 Å². The van der Waals surface area contributed by atoms with Crippen molar-refractivity contribution in [1.29, 1.82) is 0 Å². The van der Waals surface area contributed by atoms with Crippen LogP contribution in [0, 0.1) is 5.92 Å². The molecule has 1 saturated heterocycles. The topological polar surface area (TPSA) is 29.3 Å². The SMILES string of the molecule is CCCC1CCCN(CCC(C)c2ccc(N)cc2)CC1. The third kappa shape index (κ3) is 5.35. The molecule has 1 aliphatic heterocycles. The van der Waals surface area contributed by atoms with E-state index in [1.54, 1.807) is 0 Å². The van der Waals surface area contributed by atoms with E-state index >= 15 is 0 Å². The van der Waals surface area contributed by atoms with Gasteiger partial charge in [-0.25, -0.2) is 0 Å². The van der Waals surface area contributed by atoms with Crippen LogP contribution in [0.25, 0.3) is 0 Å². The van der Waals surface area contributed by atoms with Gasteiger partial charge in [-0.2, -0.15) is 0 Å². The predicted molar refractivity (Wildman–Crippen MR) is 92.6 cm³/mol. The maximum Gasteiger partial charge on any atom is 0.0314 e. The summed E-state index contributed by atoms with van der Waals surface area (Å²) >= 11 is 0. The lowest BCUT2D eigenvalue weighted by Gasteiger charge is -2.22. The molecule has 1 aromatic carbocycles. The van der Waals surface area contributed by atoms with Crippen LogP contribution in [0.2, 0.25) is 0 Å². The lowest BCUT2D eigenvalue weighted by Crippen LogP contribution is -2.26. The fraction of sp³-hybridized carbons (Fsp3) is 0.684. The van der Waals surface area contributed by atoms with Crippen LogP contribution in [0.4, 0.5) is 5.69 Å². The van der Waals surface area contributed by atoms with Crippen LogP contribution in [0.15, 0.2) is 24.3 Å². The van der Waals surface area contributed by atoms with Crippen LogP contribution < -0.4 is 5.73 Å². The smallest absolute Gasteiger partial charge is 0.0314 e. The third-order valence-electron chi connectivity index (χ3n) is 5.02. The van der Waals surface area contributed by atoms with Gasteiger partial charge in [0.25, 0.3) is 0 Å². The summed E-state index contributed by atoms with van der Waals surface area (Å²) < 4.78 is 0. The Hall–Kier alpha value is -1.02. The summed E-state index contributed by atoms with van der Waals surface area (Å²) in [5.41, 5.74) is 8.05. The van der Waals surface area contributed by atoms with E-state index in [2.05, 4.69) is 30.9 Å². The number of benzene rings is 1. The first-order chi connectivity index (χ1) is 10.2. The summed E-state index contributed by atoms with van der Waals surface area (Å²) in [4.78, 5) is 2.68. The van der Waals surface area contributed by atoms with Gasteiger partial charge in [-0.3, -0.25) is 0 Å². The van der Waals surface area contributed by atoms with Crippen molar-refractivity contribution >= 4 is 5.69 Å². The molecule has 0 aliphatic carbocycles. The molecule has 0 spiro atoms. The Balaban J connectivity index is 1.76. The van der Waals surface area contributed by atoms with Gasteiger partial charge in [-0.05, 0) is 74.8 Å². The molecule has 2 heteroatoms. The minimum Gasteiger partial charge on any atom is -0.399 e. The normalized spacial score (nSPS) is 21.9. The quantitative estimate of drug-likeness (QED) is 0.771. The Morgan fingerprint density at radius 2 is 1.95 bits per heavy atom. The summed E-state index contributed by atoms with van der Waals surface area (Å²) in [5, 5.41) is 0. The first kappa shape index (κ1) is 16.4. The summed E-state index contributed by atoms with van der Waals surface area (Å²) in [6.07, 6.45) is 8.26. The number of rotatable bonds is 6. The number of nitrogen functional groups attached to an aromatic ring is 1. The average molecular weight is 288 g/mol. The molecule has 118 valence electrons. The van der Waals surface area contributed by atoms with Gasteiger partial charge in [0.2, 0.25) is 0 Å². The van der Waals surface area contributed by atoms with Crippen LogP contribution in [0.1, 0.15) is 63.9 Å². The Kier molecular flexibility index (Phi) is 6.56. The van der Waals surface area contributed by atoms with Crippen molar-refractivity contribution in [3.8, 4) is 0 Å². The molecule has 2 unspecified atom stereocenters. The van der Waals surface area contributed by atoms with Crippen LogP contribution in [0.5, 0.6) is 0 Å². The van der Waals surface area contributed by atoms with Gasteiger partial charge in [-0.15, -0.1) is 0 Å². The molecule has 21 heavy (non-hydrogen) atoms. The molecule has 1 fully saturated rings. The molecule has 2 rings (SSSR count).